The largest absolute Gasteiger partial charge is 0.442 e. The second-order valence-corrected chi connectivity index (χ2v) is 20.0. The summed E-state index contributed by atoms with van der Waals surface area (Å²) in [5.41, 5.74) is 0. The van der Waals surface area contributed by atoms with E-state index >= 15 is 0 Å². The molecule has 0 aromatic heterocycles. The SMILES string of the molecule is O[SiH3].O[Si](c1ccc(F)cc1)(c1ccc(F)cc1)c1ccc(F)cc1.O[Si](c1ccc(F)cc1)(c1ccc(F)cc1)c1ccc(F)cc1.[V].[c-]1ccccc1.[c-]1ccccc1.[c-]1ccccc1. The third kappa shape index (κ3) is 17.1. The van der Waals surface area contributed by atoms with E-state index in [-0.39, 0.29) is 18.6 Å². The van der Waals surface area contributed by atoms with Crippen molar-refractivity contribution in [2.24, 2.45) is 0 Å². The molecule has 3 N–H and O–H groups in total. The summed E-state index contributed by atoms with van der Waals surface area (Å²) in [6.45, 7) is 0. The van der Waals surface area contributed by atoms with Crippen LogP contribution in [-0.4, -0.2) is 41.5 Å². The van der Waals surface area contributed by atoms with Gasteiger partial charge in [-0.2, -0.15) is 109 Å². The molecule has 0 aliphatic heterocycles. The Balaban J connectivity index is 0.000000250. The number of rotatable bonds is 6. The van der Waals surface area contributed by atoms with E-state index in [1.165, 1.54) is 146 Å². The molecule has 0 aliphatic rings. The van der Waals surface area contributed by atoms with Crippen molar-refractivity contribution in [3.05, 3.63) is 290 Å². The van der Waals surface area contributed by atoms with Crippen molar-refractivity contribution in [2.45, 2.75) is 0 Å². The third-order valence-electron chi connectivity index (χ3n) is 9.39. The van der Waals surface area contributed by atoms with Crippen molar-refractivity contribution in [2.75, 3.05) is 0 Å². The summed E-state index contributed by atoms with van der Waals surface area (Å²) in [5, 5.41) is 3.23. The molecule has 13 heteroatoms. The van der Waals surface area contributed by atoms with E-state index in [4.69, 9.17) is 4.80 Å². The Morgan fingerprint density at radius 1 is 0.269 bits per heavy atom. The van der Waals surface area contributed by atoms with E-state index in [0.717, 1.165) is 0 Å². The van der Waals surface area contributed by atoms with Crippen molar-refractivity contribution >= 4 is 58.2 Å². The van der Waals surface area contributed by atoms with Gasteiger partial charge in [-0.15, -0.1) is 0 Å². The molecule has 0 fully saturated rings. The summed E-state index contributed by atoms with van der Waals surface area (Å²) in [6.07, 6.45) is 0. The molecule has 0 bridgehead atoms. The molecule has 0 spiro atoms. The molecule has 1 radical (unpaired) electrons. The summed E-state index contributed by atoms with van der Waals surface area (Å²) < 4.78 is 79.3. The summed E-state index contributed by atoms with van der Waals surface area (Å²) in [5.74, 6) is -2.48. The maximum atomic E-state index is 13.2. The van der Waals surface area contributed by atoms with Gasteiger partial charge in [0.25, 0.3) is 16.6 Å². The van der Waals surface area contributed by atoms with Crippen LogP contribution in [0.2, 0.25) is 0 Å². The van der Waals surface area contributed by atoms with Crippen LogP contribution in [0.4, 0.5) is 26.3 Å². The van der Waals surface area contributed by atoms with Crippen LogP contribution in [-0.2, 0) is 18.6 Å². The Kier molecular flexibility index (Phi) is 24.1. The van der Waals surface area contributed by atoms with Gasteiger partial charge in [-0.25, -0.2) is 26.3 Å². The van der Waals surface area contributed by atoms with Crippen molar-refractivity contribution in [3.8, 4) is 0 Å². The smallest absolute Gasteiger partial charge is 0.285 e. The summed E-state index contributed by atoms with van der Waals surface area (Å²) in [4.78, 5) is 30.1. The van der Waals surface area contributed by atoms with Gasteiger partial charge in [-0.1, -0.05) is 72.8 Å². The fourth-order valence-corrected chi connectivity index (χ4v) is 12.1. The Labute approximate surface area is 405 Å². The quantitative estimate of drug-likeness (QED) is 0.0741. The monoisotopic (exact) mass is 990 g/mol. The van der Waals surface area contributed by atoms with Crippen LogP contribution < -0.4 is 31.1 Å². The van der Waals surface area contributed by atoms with Gasteiger partial charge in [0.05, 0.1) is 0 Å². The van der Waals surface area contributed by atoms with Gasteiger partial charge in [-0.05, 0) is 104 Å². The number of halogens is 6. The van der Waals surface area contributed by atoms with Crippen LogP contribution in [0.3, 0.4) is 0 Å². The maximum Gasteiger partial charge on any atom is 0.285 e. The molecule has 67 heavy (non-hydrogen) atoms. The van der Waals surface area contributed by atoms with Gasteiger partial charge >= 0.3 is 0 Å². The molecule has 0 saturated carbocycles. The first-order valence-corrected chi connectivity index (χ1v) is 25.0. The van der Waals surface area contributed by atoms with Gasteiger partial charge in [0, 0.05) is 18.6 Å². The average molecular weight is 991 g/mol. The molecule has 0 amide bonds. The van der Waals surface area contributed by atoms with Gasteiger partial charge in [0.1, 0.15) is 45.4 Å². The van der Waals surface area contributed by atoms with Gasteiger partial charge in [-0.3, -0.25) is 0 Å². The second-order valence-electron chi connectivity index (χ2n) is 13.7. The normalized spacial score (nSPS) is 10.2. The van der Waals surface area contributed by atoms with Gasteiger partial charge in [0.2, 0.25) is 0 Å². The topological polar surface area (TPSA) is 60.7 Å². The van der Waals surface area contributed by atoms with Crippen molar-refractivity contribution in [3.63, 3.8) is 0 Å². The number of hydrogen-bond donors (Lipinski definition) is 3. The van der Waals surface area contributed by atoms with Crippen LogP contribution in [0.15, 0.2) is 237 Å². The predicted molar refractivity (Wildman–Crippen MR) is 260 cm³/mol. The first-order chi connectivity index (χ1) is 32.0. The molecule has 0 unspecified atom stereocenters. The minimum Gasteiger partial charge on any atom is -0.442 e. The third-order valence-corrected chi connectivity index (χ3v) is 16.4. The Morgan fingerprint density at radius 3 is 0.493 bits per heavy atom. The molecule has 9 aromatic rings. The van der Waals surface area contributed by atoms with Crippen LogP contribution in [0.1, 0.15) is 0 Å². The fourth-order valence-electron chi connectivity index (χ4n) is 6.17. The fraction of sp³-hybridized carbons (Fsp3) is 0. The second kappa shape index (κ2) is 29.3. The van der Waals surface area contributed by atoms with E-state index in [2.05, 4.69) is 18.2 Å². The molecule has 0 saturated heterocycles. The first-order valence-electron chi connectivity index (χ1n) is 20.2. The Bertz CT molecular complexity index is 2140. The minimum atomic E-state index is -3.45. The Morgan fingerprint density at radius 2 is 0.403 bits per heavy atom. The van der Waals surface area contributed by atoms with Crippen molar-refractivity contribution in [1.29, 1.82) is 0 Å². The maximum absolute atomic E-state index is 13.2. The Hall–Kier alpha value is -6.32. The minimum absolute atomic E-state index is 0. The van der Waals surface area contributed by atoms with E-state index in [1.54, 1.807) is 0 Å². The van der Waals surface area contributed by atoms with Gasteiger partial charge in [0.15, 0.2) is 0 Å². The zero-order valence-electron chi connectivity index (χ0n) is 36.1. The summed E-state index contributed by atoms with van der Waals surface area (Å²) in [7, 11) is -6.59. The molecule has 0 aliphatic carbocycles. The molecule has 3 nitrogen and oxygen atoms in total. The summed E-state index contributed by atoms with van der Waals surface area (Å²) >= 11 is 0. The summed E-state index contributed by atoms with van der Waals surface area (Å²) in [6, 6.07) is 70.8. The molecule has 0 atom stereocenters. The first kappa shape index (κ1) is 55.0. The van der Waals surface area contributed by atoms with Crippen LogP contribution in [0.5, 0.6) is 0 Å². The predicted octanol–water partition coefficient (Wildman–Crippen LogP) is 6.84. The van der Waals surface area contributed by atoms with Crippen LogP contribution >= 0.6 is 0 Å². The molecule has 9 rings (SSSR count). The standard InChI is InChI=1S/2C18H13F3OSi.3C6H5.H4OSi.V/c2*19-13-1-7-16(8-2-13)23(22,17-9-3-14(20)4-10-17)18-11-5-15(21)6-12-18;3*1-2-4-6-5-3-1;1-2;/h2*1-12,22H;3*1-5H;1H,2H3;/q;;3*-1;;. The molecule has 341 valence electrons. The van der Waals surface area contributed by atoms with E-state index in [0.29, 0.717) is 41.6 Å². The average Bonchev–Trinajstić information content (AvgIpc) is 3.38. The van der Waals surface area contributed by atoms with Crippen LogP contribution in [0, 0.1) is 53.1 Å². The molecular weight excluding hydrogens is 946 g/mol. The number of benzene rings is 9. The van der Waals surface area contributed by atoms with E-state index in [9.17, 15) is 35.9 Å². The van der Waals surface area contributed by atoms with E-state index < -0.39 is 51.5 Å². The molecule has 0 heterocycles. The molecule has 9 aromatic carbocycles. The van der Waals surface area contributed by atoms with Gasteiger partial charge < -0.3 is 14.4 Å². The molecular formula is C54H45F6O3Si3V-3. The number of hydrogen-bond acceptors (Lipinski definition) is 3. The van der Waals surface area contributed by atoms with E-state index in [1.807, 2.05) is 91.0 Å². The van der Waals surface area contributed by atoms with Crippen molar-refractivity contribution < 1.29 is 59.3 Å². The zero-order valence-corrected chi connectivity index (χ0v) is 41.5. The van der Waals surface area contributed by atoms with Crippen molar-refractivity contribution in [1.82, 2.24) is 0 Å². The van der Waals surface area contributed by atoms with Crippen LogP contribution in [0.25, 0.3) is 0 Å². The zero-order chi connectivity index (χ0) is 47.6.